The molecule has 0 bridgehead atoms. The Bertz CT molecular complexity index is 404. The fraction of sp³-hybridized carbons (Fsp3) is 0.625. The quantitative estimate of drug-likeness (QED) is 0.906. The number of nitrogens with one attached hydrogen (secondary N) is 1. The van der Waals surface area contributed by atoms with Gasteiger partial charge in [0.2, 0.25) is 0 Å². The van der Waals surface area contributed by atoms with Crippen molar-refractivity contribution in [2.75, 3.05) is 13.1 Å². The minimum absolute atomic E-state index is 0.265. The molecule has 1 aliphatic rings. The van der Waals surface area contributed by atoms with Crippen LogP contribution in [0.25, 0.3) is 0 Å². The Kier molecular flexibility index (Phi) is 5.04. The maximum atomic E-state index is 3.72. The summed E-state index contributed by atoms with van der Waals surface area (Å²) in [4.78, 5) is 2.64. The fourth-order valence-electron chi connectivity index (χ4n) is 2.78. The molecule has 106 valence electrons. The van der Waals surface area contributed by atoms with Gasteiger partial charge in [0.25, 0.3) is 0 Å². The van der Waals surface area contributed by atoms with Crippen molar-refractivity contribution < 1.29 is 0 Å². The van der Waals surface area contributed by atoms with Crippen LogP contribution in [-0.2, 0) is 6.54 Å². The molecule has 1 aromatic carbocycles. The summed E-state index contributed by atoms with van der Waals surface area (Å²) in [6, 6.07) is 9.38. The third-order valence-corrected chi connectivity index (χ3v) is 4.91. The molecule has 0 radical (unpaired) electrons. The van der Waals surface area contributed by atoms with Crippen molar-refractivity contribution in [2.24, 2.45) is 0 Å². The van der Waals surface area contributed by atoms with E-state index in [0.717, 1.165) is 24.1 Å². The Hall–Kier alpha value is -0.380. The Morgan fingerprint density at radius 2 is 2.00 bits per heavy atom. The molecule has 1 saturated heterocycles. The van der Waals surface area contributed by atoms with E-state index in [2.05, 4.69) is 71.2 Å². The normalized spacial score (nSPS) is 28.5. The summed E-state index contributed by atoms with van der Waals surface area (Å²) >= 11 is 3.50. The lowest BCUT2D eigenvalue weighted by molar-refractivity contribution is 0.0755. The molecular formula is C16H25BrN2. The molecule has 1 fully saturated rings. The van der Waals surface area contributed by atoms with Crippen LogP contribution >= 0.6 is 15.9 Å². The van der Waals surface area contributed by atoms with Crippen molar-refractivity contribution in [3.05, 3.63) is 34.3 Å². The summed E-state index contributed by atoms with van der Waals surface area (Å²) in [7, 11) is 0. The lowest BCUT2D eigenvalue weighted by Crippen LogP contribution is -2.62. The van der Waals surface area contributed by atoms with Crippen molar-refractivity contribution in [1.29, 1.82) is 0 Å². The Morgan fingerprint density at radius 3 is 2.58 bits per heavy atom. The second-order valence-corrected chi connectivity index (χ2v) is 6.80. The molecule has 2 atom stereocenters. The Balaban J connectivity index is 2.08. The summed E-state index contributed by atoms with van der Waals surface area (Å²) < 4.78 is 1.15. The minimum Gasteiger partial charge on any atom is -0.309 e. The second kappa shape index (κ2) is 6.38. The molecule has 2 rings (SSSR count). The lowest BCUT2D eigenvalue weighted by Gasteiger charge is -2.46. The van der Waals surface area contributed by atoms with Gasteiger partial charge in [-0.25, -0.2) is 0 Å². The first-order valence-electron chi connectivity index (χ1n) is 7.30. The summed E-state index contributed by atoms with van der Waals surface area (Å²) in [6.45, 7) is 10.2. The zero-order valence-electron chi connectivity index (χ0n) is 12.2. The average Bonchev–Trinajstić information content (AvgIpc) is 2.42. The third-order valence-electron chi connectivity index (χ3n) is 4.38. The molecule has 1 aliphatic heterocycles. The van der Waals surface area contributed by atoms with Gasteiger partial charge >= 0.3 is 0 Å². The molecular weight excluding hydrogens is 300 g/mol. The van der Waals surface area contributed by atoms with E-state index in [1.807, 2.05) is 0 Å². The number of benzene rings is 1. The fourth-order valence-corrected chi connectivity index (χ4v) is 3.04. The monoisotopic (exact) mass is 324 g/mol. The largest absolute Gasteiger partial charge is 0.309 e. The number of nitrogens with zero attached hydrogens (tertiary/aromatic N) is 1. The molecule has 2 nitrogen and oxygen atoms in total. The average molecular weight is 325 g/mol. The summed E-state index contributed by atoms with van der Waals surface area (Å²) in [5, 5.41) is 3.72. The number of hydrogen-bond acceptors (Lipinski definition) is 2. The van der Waals surface area contributed by atoms with Crippen LogP contribution in [0.4, 0.5) is 0 Å². The summed E-state index contributed by atoms with van der Waals surface area (Å²) in [5.41, 5.74) is 1.67. The molecule has 0 aliphatic carbocycles. The van der Waals surface area contributed by atoms with E-state index in [0.29, 0.717) is 6.04 Å². The van der Waals surface area contributed by atoms with Crippen LogP contribution in [0.3, 0.4) is 0 Å². The Labute approximate surface area is 125 Å². The minimum atomic E-state index is 0.265. The molecule has 19 heavy (non-hydrogen) atoms. The molecule has 0 spiro atoms. The highest BCUT2D eigenvalue weighted by Gasteiger charge is 2.33. The van der Waals surface area contributed by atoms with Gasteiger partial charge in [0.05, 0.1) is 0 Å². The van der Waals surface area contributed by atoms with Crippen molar-refractivity contribution >= 4 is 15.9 Å². The van der Waals surface area contributed by atoms with Gasteiger partial charge in [0, 0.05) is 35.7 Å². The highest BCUT2D eigenvalue weighted by molar-refractivity contribution is 9.10. The van der Waals surface area contributed by atoms with Gasteiger partial charge in [0.1, 0.15) is 0 Å². The van der Waals surface area contributed by atoms with Gasteiger partial charge < -0.3 is 5.32 Å². The smallest absolute Gasteiger partial charge is 0.0278 e. The maximum Gasteiger partial charge on any atom is 0.0278 e. The first-order chi connectivity index (χ1) is 9.06. The van der Waals surface area contributed by atoms with Gasteiger partial charge in [-0.2, -0.15) is 0 Å². The van der Waals surface area contributed by atoms with Crippen LogP contribution in [0.1, 0.15) is 39.2 Å². The molecule has 3 heteroatoms. The molecule has 0 saturated carbocycles. The molecule has 1 aromatic rings. The zero-order valence-corrected chi connectivity index (χ0v) is 13.8. The topological polar surface area (TPSA) is 15.3 Å². The van der Waals surface area contributed by atoms with Crippen LogP contribution in [0.15, 0.2) is 28.7 Å². The predicted molar refractivity (Wildman–Crippen MR) is 85.3 cm³/mol. The van der Waals surface area contributed by atoms with E-state index >= 15 is 0 Å². The van der Waals surface area contributed by atoms with Crippen molar-refractivity contribution in [3.8, 4) is 0 Å². The number of hydrogen-bond donors (Lipinski definition) is 1. The lowest BCUT2D eigenvalue weighted by atomic mass is 9.92. The van der Waals surface area contributed by atoms with Crippen LogP contribution < -0.4 is 5.32 Å². The highest BCUT2D eigenvalue weighted by atomic mass is 79.9. The number of rotatable bonds is 4. The molecule has 0 aromatic heterocycles. The van der Waals surface area contributed by atoms with Gasteiger partial charge in [-0.05, 0) is 37.5 Å². The Morgan fingerprint density at radius 1 is 1.32 bits per heavy atom. The SMILES string of the molecule is CCC1CNC(C)(CC)CN1Cc1ccc(Br)cc1. The van der Waals surface area contributed by atoms with Crippen LogP contribution in [0, 0.1) is 0 Å². The van der Waals surface area contributed by atoms with Crippen molar-refractivity contribution in [1.82, 2.24) is 10.2 Å². The van der Waals surface area contributed by atoms with E-state index in [1.165, 1.54) is 18.4 Å². The van der Waals surface area contributed by atoms with Gasteiger partial charge in [0.15, 0.2) is 0 Å². The van der Waals surface area contributed by atoms with E-state index in [1.54, 1.807) is 0 Å². The molecule has 1 N–H and O–H groups in total. The number of halogens is 1. The first-order valence-corrected chi connectivity index (χ1v) is 8.09. The van der Waals surface area contributed by atoms with Gasteiger partial charge in [-0.3, -0.25) is 4.90 Å². The van der Waals surface area contributed by atoms with Gasteiger partial charge in [-0.15, -0.1) is 0 Å². The van der Waals surface area contributed by atoms with Crippen molar-refractivity contribution in [3.63, 3.8) is 0 Å². The van der Waals surface area contributed by atoms with E-state index in [-0.39, 0.29) is 5.54 Å². The van der Waals surface area contributed by atoms with Crippen LogP contribution in [0.2, 0.25) is 0 Å². The van der Waals surface area contributed by atoms with E-state index < -0.39 is 0 Å². The number of piperazine rings is 1. The van der Waals surface area contributed by atoms with Gasteiger partial charge in [-0.1, -0.05) is 41.9 Å². The second-order valence-electron chi connectivity index (χ2n) is 5.89. The molecule has 0 amide bonds. The maximum absolute atomic E-state index is 3.72. The van der Waals surface area contributed by atoms with Crippen molar-refractivity contribution in [2.45, 2.75) is 51.7 Å². The van der Waals surface area contributed by atoms with Crippen LogP contribution in [0.5, 0.6) is 0 Å². The summed E-state index contributed by atoms with van der Waals surface area (Å²) in [6.07, 6.45) is 2.39. The van der Waals surface area contributed by atoms with E-state index in [4.69, 9.17) is 0 Å². The standard InChI is InChI=1S/C16H25BrN2/c1-4-15-10-18-16(3,5-2)12-19(15)11-13-6-8-14(17)9-7-13/h6-9,15,18H,4-5,10-12H2,1-3H3. The highest BCUT2D eigenvalue weighted by Crippen LogP contribution is 2.23. The summed E-state index contributed by atoms with van der Waals surface area (Å²) in [5.74, 6) is 0. The van der Waals surface area contributed by atoms with E-state index in [9.17, 15) is 0 Å². The van der Waals surface area contributed by atoms with Crippen LogP contribution in [-0.4, -0.2) is 29.6 Å². The predicted octanol–water partition coefficient (Wildman–Crippen LogP) is 3.80. The third kappa shape index (κ3) is 3.80. The first kappa shape index (κ1) is 15.0. The molecule has 2 unspecified atom stereocenters. The molecule has 1 heterocycles. The zero-order chi connectivity index (χ0) is 13.9.